The standard InChI is InChI=1S/C18H15F2N3O2/c1-23-6-5-9-11(10-3-2-4-14(19)15(10)20)7-12-16(13(9)8-23)21-18(24)17(12)22-25/h2-4,7,25H,5-6,8H2,1H3,(H,21,22,24). The fourth-order valence-electron chi connectivity index (χ4n) is 3.57. The largest absolute Gasteiger partial charge is 0.410 e. The number of rotatable bonds is 1. The first-order valence-corrected chi connectivity index (χ1v) is 7.86. The maximum atomic E-state index is 14.4. The number of likely N-dealkylation sites (N-methyl/N-ethyl adjacent to an activating group) is 1. The molecule has 4 rings (SSSR count). The molecule has 0 atom stereocenters. The molecule has 0 aromatic heterocycles. The maximum absolute atomic E-state index is 14.4. The molecule has 2 aliphatic rings. The first kappa shape index (κ1) is 15.7. The van der Waals surface area contributed by atoms with Crippen LogP contribution in [0.5, 0.6) is 0 Å². The number of oxime groups is 1. The van der Waals surface area contributed by atoms with Crippen LogP contribution < -0.4 is 5.32 Å². The molecule has 128 valence electrons. The predicted octanol–water partition coefficient (Wildman–Crippen LogP) is 2.75. The quantitative estimate of drug-likeness (QED) is 0.618. The van der Waals surface area contributed by atoms with Gasteiger partial charge in [-0.25, -0.2) is 8.78 Å². The summed E-state index contributed by atoms with van der Waals surface area (Å²) in [5, 5.41) is 15.0. The normalized spacial score (nSPS) is 18.2. The third-order valence-corrected chi connectivity index (χ3v) is 4.77. The van der Waals surface area contributed by atoms with E-state index in [0.717, 1.165) is 23.7 Å². The van der Waals surface area contributed by atoms with Crippen LogP contribution in [0, 0.1) is 11.6 Å². The van der Waals surface area contributed by atoms with Crippen molar-refractivity contribution in [2.24, 2.45) is 5.16 Å². The summed E-state index contributed by atoms with van der Waals surface area (Å²) in [6, 6.07) is 5.63. The van der Waals surface area contributed by atoms with E-state index < -0.39 is 17.5 Å². The van der Waals surface area contributed by atoms with Crippen molar-refractivity contribution < 1.29 is 18.8 Å². The monoisotopic (exact) mass is 343 g/mol. The van der Waals surface area contributed by atoms with E-state index in [1.165, 1.54) is 12.1 Å². The lowest BCUT2D eigenvalue weighted by molar-refractivity contribution is -0.110. The van der Waals surface area contributed by atoms with Crippen molar-refractivity contribution in [3.05, 3.63) is 52.6 Å². The molecule has 7 heteroatoms. The lowest BCUT2D eigenvalue weighted by atomic mass is 9.87. The number of benzene rings is 2. The molecule has 0 spiro atoms. The summed E-state index contributed by atoms with van der Waals surface area (Å²) in [6.07, 6.45) is 0.645. The summed E-state index contributed by atoms with van der Waals surface area (Å²) >= 11 is 0. The predicted molar refractivity (Wildman–Crippen MR) is 88.8 cm³/mol. The van der Waals surface area contributed by atoms with Crippen LogP contribution in [0.2, 0.25) is 0 Å². The fourth-order valence-corrected chi connectivity index (χ4v) is 3.57. The van der Waals surface area contributed by atoms with Gasteiger partial charge in [0, 0.05) is 24.2 Å². The van der Waals surface area contributed by atoms with Crippen LogP contribution in [0.3, 0.4) is 0 Å². The molecule has 5 nitrogen and oxygen atoms in total. The van der Waals surface area contributed by atoms with Crippen LogP contribution in [-0.2, 0) is 17.8 Å². The molecular formula is C18H15F2N3O2. The second-order valence-corrected chi connectivity index (χ2v) is 6.30. The number of anilines is 1. The molecule has 2 aromatic rings. The summed E-state index contributed by atoms with van der Waals surface area (Å²) < 4.78 is 28.1. The topological polar surface area (TPSA) is 64.9 Å². The molecule has 25 heavy (non-hydrogen) atoms. The SMILES string of the molecule is CN1CCc2c(-c3cccc(F)c3F)cc3c(c2C1)NC(=O)/C3=N/O. The van der Waals surface area contributed by atoms with Gasteiger partial charge in [0.15, 0.2) is 17.3 Å². The Bertz CT molecular complexity index is 940. The second kappa shape index (κ2) is 5.63. The van der Waals surface area contributed by atoms with Crippen LogP contribution in [0.1, 0.15) is 16.7 Å². The van der Waals surface area contributed by atoms with Crippen LogP contribution in [0.25, 0.3) is 11.1 Å². The minimum absolute atomic E-state index is 0.121. The van der Waals surface area contributed by atoms with E-state index in [9.17, 15) is 18.8 Å². The van der Waals surface area contributed by atoms with E-state index in [4.69, 9.17) is 0 Å². The molecule has 2 aliphatic heterocycles. The third-order valence-electron chi connectivity index (χ3n) is 4.77. The van der Waals surface area contributed by atoms with Gasteiger partial charge in [0.25, 0.3) is 5.91 Å². The first-order valence-electron chi connectivity index (χ1n) is 7.86. The van der Waals surface area contributed by atoms with Gasteiger partial charge in [0.05, 0.1) is 5.69 Å². The van der Waals surface area contributed by atoms with E-state index in [2.05, 4.69) is 15.4 Å². The van der Waals surface area contributed by atoms with E-state index in [1.807, 2.05) is 7.05 Å². The highest BCUT2D eigenvalue weighted by molar-refractivity contribution is 6.54. The van der Waals surface area contributed by atoms with Crippen molar-refractivity contribution >= 4 is 17.3 Å². The Morgan fingerprint density at radius 1 is 1.20 bits per heavy atom. The number of fused-ring (bicyclic) bond motifs is 3. The second-order valence-electron chi connectivity index (χ2n) is 6.30. The average Bonchev–Trinajstić information content (AvgIpc) is 2.92. The molecule has 0 radical (unpaired) electrons. The zero-order valence-corrected chi connectivity index (χ0v) is 13.4. The van der Waals surface area contributed by atoms with E-state index >= 15 is 0 Å². The van der Waals surface area contributed by atoms with Gasteiger partial charge in [-0.05, 0) is 42.3 Å². The number of hydrogen-bond donors (Lipinski definition) is 2. The number of carbonyl (C=O) groups excluding carboxylic acids is 1. The third kappa shape index (κ3) is 2.31. The Hall–Kier alpha value is -2.80. The van der Waals surface area contributed by atoms with Crippen molar-refractivity contribution in [1.82, 2.24) is 4.90 Å². The highest BCUT2D eigenvalue weighted by atomic mass is 19.2. The van der Waals surface area contributed by atoms with E-state index in [1.54, 1.807) is 6.07 Å². The van der Waals surface area contributed by atoms with Gasteiger partial charge in [-0.15, -0.1) is 0 Å². The Labute approximate surface area is 142 Å². The summed E-state index contributed by atoms with van der Waals surface area (Å²) in [4.78, 5) is 14.1. The number of nitrogens with zero attached hydrogens (tertiary/aromatic N) is 2. The van der Waals surface area contributed by atoms with E-state index in [0.29, 0.717) is 29.8 Å². The molecule has 0 unspecified atom stereocenters. The fraction of sp³-hybridized carbons (Fsp3) is 0.222. The molecule has 0 fully saturated rings. The van der Waals surface area contributed by atoms with E-state index in [-0.39, 0.29) is 11.3 Å². The van der Waals surface area contributed by atoms with Crippen molar-refractivity contribution in [3.8, 4) is 11.1 Å². The summed E-state index contributed by atoms with van der Waals surface area (Å²) in [6.45, 7) is 1.33. The van der Waals surface area contributed by atoms with Crippen LogP contribution in [0.4, 0.5) is 14.5 Å². The molecule has 0 saturated carbocycles. The molecule has 0 saturated heterocycles. The molecule has 1 amide bonds. The molecule has 2 N–H and O–H groups in total. The molecule has 2 heterocycles. The van der Waals surface area contributed by atoms with Crippen molar-refractivity contribution in [2.45, 2.75) is 13.0 Å². The highest BCUT2D eigenvalue weighted by Gasteiger charge is 2.34. The maximum Gasteiger partial charge on any atom is 0.278 e. The van der Waals surface area contributed by atoms with Gasteiger partial charge in [0.1, 0.15) is 0 Å². The minimum Gasteiger partial charge on any atom is -0.410 e. The average molecular weight is 343 g/mol. The minimum atomic E-state index is -0.927. The van der Waals surface area contributed by atoms with Gasteiger partial charge < -0.3 is 15.4 Å². The smallest absolute Gasteiger partial charge is 0.278 e. The Morgan fingerprint density at radius 2 is 2.00 bits per heavy atom. The molecule has 0 bridgehead atoms. The lowest BCUT2D eigenvalue weighted by Gasteiger charge is -2.29. The summed E-state index contributed by atoms with van der Waals surface area (Å²) in [5.41, 5.74) is 3.25. The Morgan fingerprint density at radius 3 is 2.76 bits per heavy atom. The first-order chi connectivity index (χ1) is 12.0. The Kier molecular flexibility index (Phi) is 3.54. The number of nitrogens with one attached hydrogen (secondary N) is 1. The number of halogens is 2. The molecule has 0 aliphatic carbocycles. The molecular weight excluding hydrogens is 328 g/mol. The zero-order valence-electron chi connectivity index (χ0n) is 13.4. The highest BCUT2D eigenvalue weighted by Crippen LogP contribution is 2.40. The summed E-state index contributed by atoms with van der Waals surface area (Å²) in [7, 11) is 1.95. The number of carbonyl (C=O) groups is 1. The van der Waals surface area contributed by atoms with Gasteiger partial charge in [-0.1, -0.05) is 17.3 Å². The van der Waals surface area contributed by atoms with Crippen LogP contribution >= 0.6 is 0 Å². The van der Waals surface area contributed by atoms with Crippen LogP contribution in [-0.4, -0.2) is 35.3 Å². The molecule has 2 aromatic carbocycles. The van der Waals surface area contributed by atoms with Gasteiger partial charge in [-0.2, -0.15) is 0 Å². The van der Waals surface area contributed by atoms with Gasteiger partial charge in [0.2, 0.25) is 0 Å². The van der Waals surface area contributed by atoms with Crippen LogP contribution in [0.15, 0.2) is 29.4 Å². The van der Waals surface area contributed by atoms with Crippen molar-refractivity contribution in [3.63, 3.8) is 0 Å². The van der Waals surface area contributed by atoms with Gasteiger partial charge >= 0.3 is 0 Å². The zero-order chi connectivity index (χ0) is 17.7. The van der Waals surface area contributed by atoms with Crippen molar-refractivity contribution in [1.29, 1.82) is 0 Å². The Balaban J connectivity index is 2.04. The van der Waals surface area contributed by atoms with Gasteiger partial charge in [-0.3, -0.25) is 4.79 Å². The lowest BCUT2D eigenvalue weighted by Crippen LogP contribution is -2.28. The number of amides is 1. The number of hydrogen-bond acceptors (Lipinski definition) is 4. The van der Waals surface area contributed by atoms with Crippen molar-refractivity contribution in [2.75, 3.05) is 18.9 Å². The summed E-state index contributed by atoms with van der Waals surface area (Å²) in [5.74, 6) is -2.36.